The molecule has 1 saturated carbocycles. The van der Waals surface area contributed by atoms with Crippen LogP contribution in [0.15, 0.2) is 11.6 Å². The highest BCUT2D eigenvalue weighted by Crippen LogP contribution is 2.34. The van der Waals surface area contributed by atoms with Crippen LogP contribution >= 0.6 is 11.3 Å². The Labute approximate surface area is 178 Å². The van der Waals surface area contributed by atoms with Crippen molar-refractivity contribution in [3.05, 3.63) is 16.6 Å². The standard InChI is InChI=1S/C22H35N3O3S/c1-22(2,3)28-21(27)24(4)15-16-5-7-18(8-6-16)20(26)25-12-9-17(10-13-25)19-23-11-14-29-19/h11,14,16-18H,5-10,12-13,15H2,1-4H3/t16-,18-. The normalized spacial score (nSPS) is 23.7. The number of amides is 2. The highest BCUT2D eigenvalue weighted by Gasteiger charge is 2.33. The molecular weight excluding hydrogens is 386 g/mol. The Balaban J connectivity index is 1.40. The van der Waals surface area contributed by atoms with Gasteiger partial charge in [-0.1, -0.05) is 0 Å². The van der Waals surface area contributed by atoms with Crippen molar-refractivity contribution >= 4 is 23.3 Å². The van der Waals surface area contributed by atoms with E-state index < -0.39 is 5.60 Å². The number of aromatic nitrogens is 1. The first-order valence-electron chi connectivity index (χ1n) is 10.8. The monoisotopic (exact) mass is 421 g/mol. The average Bonchev–Trinajstić information content (AvgIpc) is 3.21. The molecule has 29 heavy (non-hydrogen) atoms. The molecule has 0 bridgehead atoms. The number of likely N-dealkylation sites (tertiary alicyclic amines) is 1. The van der Waals surface area contributed by atoms with Crippen LogP contribution in [0.5, 0.6) is 0 Å². The molecular formula is C22H35N3O3S. The number of piperidine rings is 1. The molecule has 1 aromatic heterocycles. The number of nitrogens with zero attached hydrogens (tertiary/aromatic N) is 3. The van der Waals surface area contributed by atoms with E-state index in [0.717, 1.165) is 51.6 Å². The van der Waals surface area contributed by atoms with Gasteiger partial charge in [0.15, 0.2) is 0 Å². The maximum Gasteiger partial charge on any atom is 0.410 e. The molecule has 6 nitrogen and oxygen atoms in total. The maximum absolute atomic E-state index is 13.0. The molecule has 7 heteroatoms. The fourth-order valence-electron chi connectivity index (χ4n) is 4.43. The van der Waals surface area contributed by atoms with Crippen LogP contribution in [-0.2, 0) is 9.53 Å². The molecule has 0 spiro atoms. The van der Waals surface area contributed by atoms with E-state index in [9.17, 15) is 9.59 Å². The van der Waals surface area contributed by atoms with Crippen LogP contribution in [0.1, 0.15) is 70.2 Å². The Morgan fingerprint density at radius 2 is 1.83 bits per heavy atom. The van der Waals surface area contributed by atoms with Crippen LogP contribution in [0.3, 0.4) is 0 Å². The molecule has 0 atom stereocenters. The van der Waals surface area contributed by atoms with Gasteiger partial charge in [-0.25, -0.2) is 9.78 Å². The number of carbonyl (C=O) groups excluding carboxylic acids is 2. The maximum atomic E-state index is 13.0. The molecule has 1 aromatic rings. The van der Waals surface area contributed by atoms with Crippen molar-refractivity contribution in [1.29, 1.82) is 0 Å². The number of rotatable bonds is 4. The van der Waals surface area contributed by atoms with Crippen LogP contribution < -0.4 is 0 Å². The van der Waals surface area contributed by atoms with E-state index in [1.165, 1.54) is 5.01 Å². The lowest BCUT2D eigenvalue weighted by molar-refractivity contribution is -0.138. The van der Waals surface area contributed by atoms with Crippen molar-refractivity contribution < 1.29 is 14.3 Å². The smallest absolute Gasteiger partial charge is 0.410 e. The van der Waals surface area contributed by atoms with E-state index in [1.54, 1.807) is 23.3 Å². The second-order valence-electron chi connectivity index (χ2n) is 9.55. The SMILES string of the molecule is CN(C[C@H]1CC[C@H](C(=O)N2CCC(c3nccs3)CC2)CC1)C(=O)OC(C)(C)C. The molecule has 162 valence electrons. The molecule has 2 heterocycles. The van der Waals surface area contributed by atoms with Crippen LogP contribution in [0, 0.1) is 11.8 Å². The average molecular weight is 422 g/mol. The summed E-state index contributed by atoms with van der Waals surface area (Å²) < 4.78 is 5.44. The number of carbonyl (C=O) groups is 2. The van der Waals surface area contributed by atoms with Crippen molar-refractivity contribution in [3.63, 3.8) is 0 Å². The molecule has 0 unspecified atom stereocenters. The van der Waals surface area contributed by atoms with E-state index >= 15 is 0 Å². The molecule has 0 radical (unpaired) electrons. The van der Waals surface area contributed by atoms with E-state index in [0.29, 0.717) is 24.3 Å². The Morgan fingerprint density at radius 3 is 2.38 bits per heavy atom. The zero-order valence-electron chi connectivity index (χ0n) is 18.2. The van der Waals surface area contributed by atoms with E-state index in [2.05, 4.69) is 9.88 Å². The van der Waals surface area contributed by atoms with Crippen LogP contribution in [0.2, 0.25) is 0 Å². The van der Waals surface area contributed by atoms with Crippen molar-refractivity contribution in [2.45, 2.75) is 70.8 Å². The fraction of sp³-hybridized carbons (Fsp3) is 0.773. The summed E-state index contributed by atoms with van der Waals surface area (Å²) in [6, 6.07) is 0. The summed E-state index contributed by atoms with van der Waals surface area (Å²) in [6.45, 7) is 8.06. The van der Waals surface area contributed by atoms with Crippen LogP contribution in [0.25, 0.3) is 0 Å². The number of hydrogen-bond donors (Lipinski definition) is 0. The van der Waals surface area contributed by atoms with Gasteiger partial charge in [0.25, 0.3) is 0 Å². The van der Waals surface area contributed by atoms with Gasteiger partial charge in [-0.05, 0) is 65.2 Å². The lowest BCUT2D eigenvalue weighted by atomic mass is 9.80. The van der Waals surface area contributed by atoms with Crippen molar-refractivity contribution in [2.24, 2.45) is 11.8 Å². The Morgan fingerprint density at radius 1 is 1.17 bits per heavy atom. The van der Waals surface area contributed by atoms with Crippen molar-refractivity contribution in [2.75, 3.05) is 26.7 Å². The topological polar surface area (TPSA) is 62.7 Å². The minimum Gasteiger partial charge on any atom is -0.444 e. The minimum atomic E-state index is -0.470. The Bertz CT molecular complexity index is 670. The highest BCUT2D eigenvalue weighted by molar-refractivity contribution is 7.09. The largest absolute Gasteiger partial charge is 0.444 e. The van der Waals surface area contributed by atoms with E-state index in [4.69, 9.17) is 4.74 Å². The van der Waals surface area contributed by atoms with Crippen molar-refractivity contribution in [1.82, 2.24) is 14.8 Å². The molecule has 1 aliphatic heterocycles. The second kappa shape index (κ2) is 9.45. The molecule has 2 fully saturated rings. The van der Waals surface area contributed by atoms with Crippen LogP contribution in [-0.4, -0.2) is 59.1 Å². The summed E-state index contributed by atoms with van der Waals surface area (Å²) in [4.78, 5) is 33.3. The third-order valence-corrected chi connectivity index (χ3v) is 6.98. The predicted octanol–water partition coefficient (Wildman–Crippen LogP) is 4.52. The zero-order chi connectivity index (χ0) is 21.0. The second-order valence-corrected chi connectivity index (χ2v) is 10.5. The van der Waals surface area contributed by atoms with Crippen LogP contribution in [0.4, 0.5) is 4.79 Å². The van der Waals surface area contributed by atoms with Gasteiger partial charge in [-0.3, -0.25) is 4.79 Å². The van der Waals surface area contributed by atoms with Gasteiger partial charge in [0.05, 0.1) is 5.01 Å². The van der Waals surface area contributed by atoms with E-state index in [1.807, 2.05) is 32.3 Å². The summed E-state index contributed by atoms with van der Waals surface area (Å²) in [6.07, 6.45) is 7.51. The third kappa shape index (κ3) is 6.17. The molecule has 3 rings (SSSR count). The molecule has 0 N–H and O–H groups in total. The number of hydrogen-bond acceptors (Lipinski definition) is 5. The quantitative estimate of drug-likeness (QED) is 0.717. The molecule has 0 aromatic carbocycles. The molecule has 1 saturated heterocycles. The lowest BCUT2D eigenvalue weighted by Crippen LogP contribution is -2.43. The summed E-state index contributed by atoms with van der Waals surface area (Å²) >= 11 is 1.73. The van der Waals surface area contributed by atoms with Gasteiger partial charge >= 0.3 is 6.09 Å². The number of thiazole rings is 1. The van der Waals surface area contributed by atoms with E-state index in [-0.39, 0.29) is 12.0 Å². The summed E-state index contributed by atoms with van der Waals surface area (Å²) in [5, 5.41) is 3.25. The van der Waals surface area contributed by atoms with Crippen molar-refractivity contribution in [3.8, 4) is 0 Å². The highest BCUT2D eigenvalue weighted by atomic mass is 32.1. The van der Waals surface area contributed by atoms with Gasteiger partial charge in [-0.2, -0.15) is 0 Å². The minimum absolute atomic E-state index is 0.148. The van der Waals surface area contributed by atoms with Gasteiger partial charge in [0.2, 0.25) is 5.91 Å². The van der Waals surface area contributed by atoms with Gasteiger partial charge in [-0.15, -0.1) is 11.3 Å². The third-order valence-electron chi connectivity index (χ3n) is 6.04. The molecule has 2 aliphatic rings. The first-order valence-corrected chi connectivity index (χ1v) is 11.7. The summed E-state index contributed by atoms with van der Waals surface area (Å²) in [5.74, 6) is 1.45. The fourth-order valence-corrected chi connectivity index (χ4v) is 5.25. The first-order chi connectivity index (χ1) is 13.7. The molecule has 2 amide bonds. The van der Waals surface area contributed by atoms with Gasteiger partial charge in [0.1, 0.15) is 5.60 Å². The number of ether oxygens (including phenoxy) is 1. The Hall–Kier alpha value is -1.63. The Kier molecular flexibility index (Phi) is 7.19. The molecule has 1 aliphatic carbocycles. The summed E-state index contributed by atoms with van der Waals surface area (Å²) in [5.41, 5.74) is -0.470. The van der Waals surface area contributed by atoms with Gasteiger partial charge < -0.3 is 14.5 Å². The lowest BCUT2D eigenvalue weighted by Gasteiger charge is -2.36. The predicted molar refractivity (Wildman–Crippen MR) is 115 cm³/mol. The van der Waals surface area contributed by atoms with Gasteiger partial charge in [0, 0.05) is 50.1 Å². The first kappa shape index (κ1) is 22.1. The summed E-state index contributed by atoms with van der Waals surface area (Å²) in [7, 11) is 1.80. The zero-order valence-corrected chi connectivity index (χ0v) is 19.0.